The van der Waals surface area contributed by atoms with Crippen molar-refractivity contribution in [2.75, 3.05) is 0 Å². The maximum absolute atomic E-state index is 12.0. The second-order valence-electron chi connectivity index (χ2n) is 6.76. The molecule has 3 nitrogen and oxygen atoms in total. The number of carboxylic acids is 1. The van der Waals surface area contributed by atoms with Gasteiger partial charge in [-0.1, -0.05) is 18.6 Å². The van der Waals surface area contributed by atoms with Crippen LogP contribution in [-0.4, -0.2) is 16.9 Å². The van der Waals surface area contributed by atoms with Crippen LogP contribution in [0.2, 0.25) is 0 Å². The summed E-state index contributed by atoms with van der Waals surface area (Å²) in [5.41, 5.74) is 2.33. The van der Waals surface area contributed by atoms with Crippen LogP contribution in [0.25, 0.3) is 0 Å². The third-order valence-electron chi connectivity index (χ3n) is 5.87. The minimum atomic E-state index is -0.669. The summed E-state index contributed by atoms with van der Waals surface area (Å²) in [6, 6.07) is 0. The number of allylic oxidation sites excluding steroid dienone is 3. The van der Waals surface area contributed by atoms with Crippen LogP contribution in [0.15, 0.2) is 22.8 Å². The summed E-state index contributed by atoms with van der Waals surface area (Å²) in [5, 5.41) is 9.82. The predicted octanol–water partition coefficient (Wildman–Crippen LogP) is 3.65. The molecule has 0 bridgehead atoms. The van der Waals surface area contributed by atoms with Gasteiger partial charge in [-0.3, -0.25) is 9.59 Å². The van der Waals surface area contributed by atoms with Crippen molar-refractivity contribution in [1.82, 2.24) is 0 Å². The Morgan fingerprint density at radius 2 is 2.00 bits per heavy atom. The summed E-state index contributed by atoms with van der Waals surface area (Å²) in [7, 11) is 0. The maximum Gasteiger partial charge on any atom is 0.313 e. The Morgan fingerprint density at radius 1 is 1.25 bits per heavy atom. The summed E-state index contributed by atoms with van der Waals surface area (Å²) >= 11 is 0. The highest BCUT2D eigenvalue weighted by atomic mass is 16.4. The zero-order valence-corrected chi connectivity index (χ0v) is 12.3. The van der Waals surface area contributed by atoms with Crippen molar-refractivity contribution in [3.63, 3.8) is 0 Å². The Balaban J connectivity index is 2.18. The number of carbonyl (C=O) groups excluding carboxylic acids is 1. The van der Waals surface area contributed by atoms with Crippen LogP contribution in [0.4, 0.5) is 0 Å². The Labute approximate surface area is 119 Å². The van der Waals surface area contributed by atoms with Crippen LogP contribution >= 0.6 is 0 Å². The van der Waals surface area contributed by atoms with Crippen molar-refractivity contribution < 1.29 is 14.7 Å². The van der Waals surface area contributed by atoms with E-state index in [0.717, 1.165) is 43.3 Å². The topological polar surface area (TPSA) is 54.4 Å². The first kappa shape index (κ1) is 13.6. The zero-order valence-electron chi connectivity index (χ0n) is 12.3. The van der Waals surface area contributed by atoms with E-state index in [1.165, 1.54) is 5.57 Å². The van der Waals surface area contributed by atoms with Crippen molar-refractivity contribution in [3.05, 3.63) is 22.8 Å². The number of carboxylic acid groups (broad SMARTS) is 1. The highest BCUT2D eigenvalue weighted by molar-refractivity contribution is 5.97. The summed E-state index contributed by atoms with van der Waals surface area (Å²) in [4.78, 5) is 23.9. The molecular formula is C17H22O3. The molecule has 2 atom stereocenters. The molecule has 20 heavy (non-hydrogen) atoms. The molecule has 3 rings (SSSR count). The van der Waals surface area contributed by atoms with E-state index in [9.17, 15) is 14.7 Å². The summed E-state index contributed by atoms with van der Waals surface area (Å²) in [5.74, 6) is -0.421. The summed E-state index contributed by atoms with van der Waals surface area (Å²) < 4.78 is 0. The molecular weight excluding hydrogens is 252 g/mol. The molecule has 1 saturated carbocycles. The number of Topliss-reactive ketones (excluding diaryl/α,β-unsaturated/α-hetero) is 1. The minimum Gasteiger partial charge on any atom is -0.481 e. The number of aliphatic carboxylic acids is 1. The van der Waals surface area contributed by atoms with E-state index in [0.29, 0.717) is 12.8 Å². The van der Waals surface area contributed by atoms with Gasteiger partial charge in [0.05, 0.1) is 5.41 Å². The average molecular weight is 274 g/mol. The highest BCUT2D eigenvalue weighted by Crippen LogP contribution is 2.61. The number of ketones is 1. The van der Waals surface area contributed by atoms with E-state index in [2.05, 4.69) is 13.0 Å². The first-order chi connectivity index (χ1) is 9.42. The third-order valence-corrected chi connectivity index (χ3v) is 5.87. The third kappa shape index (κ3) is 1.58. The Morgan fingerprint density at radius 3 is 2.70 bits per heavy atom. The quantitative estimate of drug-likeness (QED) is 0.743. The second kappa shape index (κ2) is 4.31. The Kier molecular flexibility index (Phi) is 2.93. The van der Waals surface area contributed by atoms with E-state index in [4.69, 9.17) is 0 Å². The van der Waals surface area contributed by atoms with Crippen molar-refractivity contribution in [2.45, 2.75) is 58.8 Å². The van der Waals surface area contributed by atoms with Gasteiger partial charge in [-0.15, -0.1) is 0 Å². The van der Waals surface area contributed by atoms with Gasteiger partial charge in [0, 0.05) is 11.8 Å². The lowest BCUT2D eigenvalue weighted by Crippen LogP contribution is -2.47. The minimum absolute atomic E-state index is 0.199. The molecule has 0 radical (unpaired) electrons. The molecule has 3 aliphatic rings. The molecule has 0 heterocycles. The van der Waals surface area contributed by atoms with Gasteiger partial charge in [-0.05, 0) is 56.6 Å². The second-order valence-corrected chi connectivity index (χ2v) is 6.76. The largest absolute Gasteiger partial charge is 0.481 e. The molecule has 108 valence electrons. The van der Waals surface area contributed by atoms with Crippen LogP contribution in [0.5, 0.6) is 0 Å². The van der Waals surface area contributed by atoms with Crippen molar-refractivity contribution >= 4 is 11.8 Å². The Bertz CT molecular complexity index is 555. The van der Waals surface area contributed by atoms with E-state index < -0.39 is 11.4 Å². The van der Waals surface area contributed by atoms with Crippen LogP contribution in [0, 0.1) is 10.8 Å². The molecule has 1 fully saturated rings. The van der Waals surface area contributed by atoms with Crippen LogP contribution < -0.4 is 0 Å². The fourth-order valence-electron chi connectivity index (χ4n) is 4.71. The SMILES string of the molecule is CC1=C2CCC3(C(=O)O)CCCC=C3[C@@]2(C)CCC1=O. The monoisotopic (exact) mass is 274 g/mol. The summed E-state index contributed by atoms with van der Waals surface area (Å²) in [6.45, 7) is 4.08. The van der Waals surface area contributed by atoms with Gasteiger partial charge in [0.1, 0.15) is 0 Å². The molecule has 1 N–H and O–H groups in total. The molecule has 0 saturated heterocycles. The van der Waals surface area contributed by atoms with Crippen molar-refractivity contribution in [2.24, 2.45) is 10.8 Å². The summed E-state index contributed by atoms with van der Waals surface area (Å²) in [6.07, 6.45) is 7.60. The van der Waals surface area contributed by atoms with Gasteiger partial charge in [-0.2, -0.15) is 0 Å². The lowest BCUT2D eigenvalue weighted by atomic mass is 9.50. The van der Waals surface area contributed by atoms with Crippen LogP contribution in [-0.2, 0) is 9.59 Å². The fraction of sp³-hybridized carbons (Fsp3) is 0.647. The fourth-order valence-corrected chi connectivity index (χ4v) is 4.71. The van der Waals surface area contributed by atoms with Gasteiger partial charge >= 0.3 is 5.97 Å². The number of carbonyl (C=O) groups is 2. The van der Waals surface area contributed by atoms with Gasteiger partial charge < -0.3 is 5.11 Å². The van der Waals surface area contributed by atoms with Crippen LogP contribution in [0.1, 0.15) is 58.8 Å². The molecule has 3 heteroatoms. The van der Waals surface area contributed by atoms with Crippen LogP contribution in [0.3, 0.4) is 0 Å². The molecule has 0 aliphatic heterocycles. The van der Waals surface area contributed by atoms with E-state index in [1.807, 2.05) is 6.92 Å². The molecule has 0 amide bonds. The molecule has 0 aromatic rings. The normalized spacial score (nSPS) is 37.1. The molecule has 1 unspecified atom stereocenters. The molecule has 3 aliphatic carbocycles. The molecule has 0 spiro atoms. The standard InChI is InChI=1S/C17H22O3/c1-11-12-6-10-17(15(19)20)8-4-3-5-14(17)16(12,2)9-7-13(11)18/h5H,3-4,6-10H2,1-2H3,(H,19,20)/t16-,17?/m0/s1. The first-order valence-corrected chi connectivity index (χ1v) is 7.60. The predicted molar refractivity (Wildman–Crippen MR) is 76.3 cm³/mol. The van der Waals surface area contributed by atoms with E-state index in [-0.39, 0.29) is 11.2 Å². The number of fused-ring (bicyclic) bond motifs is 3. The molecule has 0 aromatic heterocycles. The van der Waals surface area contributed by atoms with Gasteiger partial charge in [0.15, 0.2) is 5.78 Å². The van der Waals surface area contributed by atoms with Gasteiger partial charge in [0.2, 0.25) is 0 Å². The lowest BCUT2D eigenvalue weighted by Gasteiger charge is -2.52. The average Bonchev–Trinajstić information content (AvgIpc) is 2.43. The van der Waals surface area contributed by atoms with E-state index >= 15 is 0 Å². The van der Waals surface area contributed by atoms with Crippen molar-refractivity contribution in [3.8, 4) is 0 Å². The number of hydrogen-bond acceptors (Lipinski definition) is 2. The van der Waals surface area contributed by atoms with Crippen molar-refractivity contribution in [1.29, 1.82) is 0 Å². The maximum atomic E-state index is 12.0. The number of hydrogen-bond donors (Lipinski definition) is 1. The van der Waals surface area contributed by atoms with E-state index in [1.54, 1.807) is 0 Å². The Hall–Kier alpha value is -1.38. The number of rotatable bonds is 1. The van der Waals surface area contributed by atoms with Gasteiger partial charge in [0.25, 0.3) is 0 Å². The molecule has 0 aromatic carbocycles. The smallest absolute Gasteiger partial charge is 0.313 e. The zero-order chi connectivity index (χ0) is 14.5. The lowest BCUT2D eigenvalue weighted by molar-refractivity contribution is -0.149. The highest BCUT2D eigenvalue weighted by Gasteiger charge is 2.55. The first-order valence-electron chi connectivity index (χ1n) is 7.60. The van der Waals surface area contributed by atoms with Gasteiger partial charge in [-0.25, -0.2) is 0 Å².